The van der Waals surface area contributed by atoms with Crippen LogP contribution in [0.4, 0.5) is 0 Å². The van der Waals surface area contributed by atoms with Crippen LogP contribution in [0.1, 0.15) is 23.2 Å². The Kier molecular flexibility index (Phi) is 3.98. The van der Waals surface area contributed by atoms with Gasteiger partial charge in [0.1, 0.15) is 0 Å². The summed E-state index contributed by atoms with van der Waals surface area (Å²) >= 11 is 2.40. The number of hydrogen-bond acceptors (Lipinski definition) is 1. The van der Waals surface area contributed by atoms with Gasteiger partial charge in [0, 0.05) is 29.2 Å². The number of benzene rings is 1. The molecule has 1 aromatic carbocycles. The molecular weight excluding hydrogens is 313 g/mol. The third-order valence-corrected chi connectivity index (χ3v) is 3.49. The summed E-state index contributed by atoms with van der Waals surface area (Å²) in [6, 6.07) is 8.08. The summed E-state index contributed by atoms with van der Waals surface area (Å²) in [5.74, 6) is 0. The van der Waals surface area contributed by atoms with Gasteiger partial charge in [-0.05, 0) is 23.3 Å². The van der Waals surface area contributed by atoms with Crippen molar-refractivity contribution in [2.24, 2.45) is 0 Å². The number of fused-ring (bicyclic) bond motifs is 1. The van der Waals surface area contributed by atoms with Gasteiger partial charge in [-0.1, -0.05) is 40.8 Å². The van der Waals surface area contributed by atoms with Gasteiger partial charge in [0.25, 0.3) is 0 Å². The monoisotopic (exact) mass is 327 g/mol. The van der Waals surface area contributed by atoms with E-state index in [1.807, 2.05) is 24.4 Å². The van der Waals surface area contributed by atoms with Gasteiger partial charge in [-0.3, -0.25) is 4.79 Å². The van der Waals surface area contributed by atoms with Gasteiger partial charge in [0.15, 0.2) is 6.29 Å². The van der Waals surface area contributed by atoms with E-state index in [4.69, 9.17) is 0 Å². The van der Waals surface area contributed by atoms with E-state index in [1.54, 1.807) is 0 Å². The second kappa shape index (κ2) is 5.48. The molecule has 0 aliphatic heterocycles. The highest BCUT2D eigenvalue weighted by Crippen LogP contribution is 2.20. The average molecular weight is 327 g/mol. The van der Waals surface area contributed by atoms with Crippen molar-refractivity contribution in [2.75, 3.05) is 4.43 Å². The van der Waals surface area contributed by atoms with Crippen molar-refractivity contribution in [1.29, 1.82) is 0 Å². The number of aldehydes is 1. The molecule has 0 spiro atoms. The van der Waals surface area contributed by atoms with E-state index < -0.39 is 0 Å². The molecule has 0 amide bonds. The third kappa shape index (κ3) is 2.29. The SMILES string of the molecule is O=Cc1cn(CCCCI)c2ccccc12. The predicted octanol–water partition coefficient (Wildman–Crippen LogP) is 3.67. The van der Waals surface area contributed by atoms with E-state index in [0.717, 1.165) is 29.3 Å². The molecule has 0 fully saturated rings. The molecule has 0 radical (unpaired) electrons. The lowest BCUT2D eigenvalue weighted by molar-refractivity contribution is 0.112. The van der Waals surface area contributed by atoms with Crippen molar-refractivity contribution in [3.8, 4) is 0 Å². The molecule has 0 saturated carbocycles. The predicted molar refractivity (Wildman–Crippen MR) is 75.4 cm³/mol. The molecule has 2 rings (SSSR count). The zero-order chi connectivity index (χ0) is 11.4. The van der Waals surface area contributed by atoms with Crippen molar-refractivity contribution in [3.05, 3.63) is 36.0 Å². The Labute approximate surface area is 109 Å². The minimum absolute atomic E-state index is 0.796. The van der Waals surface area contributed by atoms with Crippen LogP contribution in [0.5, 0.6) is 0 Å². The Morgan fingerprint density at radius 1 is 1.25 bits per heavy atom. The minimum Gasteiger partial charge on any atom is -0.347 e. The summed E-state index contributed by atoms with van der Waals surface area (Å²) in [4.78, 5) is 10.9. The maximum atomic E-state index is 10.9. The van der Waals surface area contributed by atoms with Gasteiger partial charge in [0.2, 0.25) is 0 Å². The largest absolute Gasteiger partial charge is 0.347 e. The van der Waals surface area contributed by atoms with Gasteiger partial charge < -0.3 is 4.57 Å². The number of halogens is 1. The standard InChI is InChI=1S/C13H14INO/c14-7-3-4-8-15-9-11(10-16)12-5-1-2-6-13(12)15/h1-2,5-6,9-10H,3-4,7-8H2. The number of unbranched alkanes of at least 4 members (excludes halogenated alkanes) is 1. The smallest absolute Gasteiger partial charge is 0.152 e. The summed E-state index contributed by atoms with van der Waals surface area (Å²) in [5.41, 5.74) is 1.96. The Balaban J connectivity index is 2.33. The highest BCUT2D eigenvalue weighted by molar-refractivity contribution is 14.1. The molecule has 2 nitrogen and oxygen atoms in total. The summed E-state index contributed by atoms with van der Waals surface area (Å²) in [7, 11) is 0. The molecule has 0 N–H and O–H groups in total. The topological polar surface area (TPSA) is 22.0 Å². The first kappa shape index (κ1) is 11.6. The van der Waals surface area contributed by atoms with E-state index in [-0.39, 0.29) is 0 Å². The molecule has 0 aliphatic carbocycles. The van der Waals surface area contributed by atoms with Crippen LogP contribution in [0.2, 0.25) is 0 Å². The van der Waals surface area contributed by atoms with E-state index in [1.165, 1.54) is 17.3 Å². The molecule has 0 aliphatic rings. The summed E-state index contributed by atoms with van der Waals surface area (Å²) in [6.07, 6.45) is 5.30. The lowest BCUT2D eigenvalue weighted by Gasteiger charge is -2.03. The number of aryl methyl sites for hydroxylation is 1. The van der Waals surface area contributed by atoms with Crippen molar-refractivity contribution in [3.63, 3.8) is 0 Å². The van der Waals surface area contributed by atoms with Crippen LogP contribution in [0.25, 0.3) is 10.9 Å². The van der Waals surface area contributed by atoms with Crippen molar-refractivity contribution in [1.82, 2.24) is 4.57 Å². The van der Waals surface area contributed by atoms with Crippen molar-refractivity contribution < 1.29 is 4.79 Å². The van der Waals surface area contributed by atoms with Gasteiger partial charge >= 0.3 is 0 Å². The van der Waals surface area contributed by atoms with Gasteiger partial charge in [-0.25, -0.2) is 0 Å². The quantitative estimate of drug-likeness (QED) is 0.355. The van der Waals surface area contributed by atoms with E-state index in [0.29, 0.717) is 0 Å². The zero-order valence-corrected chi connectivity index (χ0v) is 11.2. The van der Waals surface area contributed by atoms with Crippen LogP contribution in [0.15, 0.2) is 30.5 Å². The van der Waals surface area contributed by atoms with Gasteiger partial charge in [0.05, 0.1) is 0 Å². The Morgan fingerprint density at radius 2 is 2.06 bits per heavy atom. The highest BCUT2D eigenvalue weighted by atomic mass is 127. The summed E-state index contributed by atoms with van der Waals surface area (Å²) in [5, 5.41) is 1.06. The number of rotatable bonds is 5. The average Bonchev–Trinajstić information content (AvgIpc) is 2.68. The van der Waals surface area contributed by atoms with E-state index in [2.05, 4.69) is 33.2 Å². The second-order valence-electron chi connectivity index (χ2n) is 3.81. The summed E-state index contributed by atoms with van der Waals surface area (Å²) in [6.45, 7) is 0.997. The van der Waals surface area contributed by atoms with E-state index >= 15 is 0 Å². The van der Waals surface area contributed by atoms with E-state index in [9.17, 15) is 4.79 Å². The van der Waals surface area contributed by atoms with Crippen LogP contribution in [-0.2, 0) is 6.54 Å². The number of hydrogen-bond donors (Lipinski definition) is 0. The van der Waals surface area contributed by atoms with Crippen LogP contribution in [-0.4, -0.2) is 15.3 Å². The molecular formula is C13H14INO. The normalized spacial score (nSPS) is 10.8. The van der Waals surface area contributed by atoms with Gasteiger partial charge in [-0.15, -0.1) is 0 Å². The third-order valence-electron chi connectivity index (χ3n) is 2.73. The molecule has 0 bridgehead atoms. The second-order valence-corrected chi connectivity index (χ2v) is 4.89. The first-order chi connectivity index (χ1) is 7.86. The van der Waals surface area contributed by atoms with Crippen LogP contribution < -0.4 is 0 Å². The Bertz CT molecular complexity index is 490. The molecule has 1 heterocycles. The maximum Gasteiger partial charge on any atom is 0.152 e. The Morgan fingerprint density at radius 3 is 2.81 bits per heavy atom. The lowest BCUT2D eigenvalue weighted by Crippen LogP contribution is -1.96. The number of alkyl halides is 1. The first-order valence-corrected chi connectivity index (χ1v) is 6.98. The molecule has 2 aromatic rings. The van der Waals surface area contributed by atoms with Crippen molar-refractivity contribution in [2.45, 2.75) is 19.4 Å². The number of carbonyl (C=O) groups excluding carboxylic acids is 1. The molecule has 16 heavy (non-hydrogen) atoms. The maximum absolute atomic E-state index is 10.9. The zero-order valence-electron chi connectivity index (χ0n) is 9.03. The minimum atomic E-state index is 0.796. The molecule has 0 saturated heterocycles. The molecule has 1 aromatic heterocycles. The number of aromatic nitrogens is 1. The molecule has 0 unspecified atom stereocenters. The van der Waals surface area contributed by atoms with Crippen LogP contribution >= 0.6 is 22.6 Å². The molecule has 0 atom stereocenters. The van der Waals surface area contributed by atoms with Crippen LogP contribution in [0, 0.1) is 0 Å². The Hall–Kier alpha value is -0.840. The molecule has 3 heteroatoms. The van der Waals surface area contributed by atoms with Crippen LogP contribution in [0.3, 0.4) is 0 Å². The first-order valence-electron chi connectivity index (χ1n) is 5.46. The number of nitrogens with zero attached hydrogens (tertiary/aromatic N) is 1. The lowest BCUT2D eigenvalue weighted by atomic mass is 10.2. The fourth-order valence-corrected chi connectivity index (χ4v) is 2.47. The number of para-hydroxylation sites is 1. The highest BCUT2D eigenvalue weighted by Gasteiger charge is 2.06. The summed E-state index contributed by atoms with van der Waals surface area (Å²) < 4.78 is 3.38. The van der Waals surface area contributed by atoms with Crippen molar-refractivity contribution >= 4 is 39.8 Å². The van der Waals surface area contributed by atoms with Gasteiger partial charge in [-0.2, -0.15) is 0 Å². The molecule has 84 valence electrons. The number of carbonyl (C=O) groups is 1. The fraction of sp³-hybridized carbons (Fsp3) is 0.308. The fourth-order valence-electron chi connectivity index (χ4n) is 1.93.